The quantitative estimate of drug-likeness (QED) is 0.727. The highest BCUT2D eigenvalue weighted by Crippen LogP contribution is 2.42. The van der Waals surface area contributed by atoms with E-state index < -0.39 is 11.4 Å². The number of ketones is 1. The van der Waals surface area contributed by atoms with Gasteiger partial charge in [0.2, 0.25) is 0 Å². The second kappa shape index (κ2) is 3.90. The predicted octanol–water partition coefficient (Wildman–Crippen LogP) is 2.00. The van der Waals surface area contributed by atoms with E-state index in [1.54, 1.807) is 0 Å². The summed E-state index contributed by atoms with van der Waals surface area (Å²) in [6.07, 6.45) is 4.03. The lowest BCUT2D eigenvalue weighted by molar-refractivity contribution is -0.144. The standard InChI is InChI=1S/C10H16O3/c1-2-8(11)10(7-9(12)13)5-3-4-6-10/h2-7H2,1H3,(H,12,13). The van der Waals surface area contributed by atoms with E-state index in [0.29, 0.717) is 6.42 Å². The molecule has 0 unspecified atom stereocenters. The Kier molecular flexibility index (Phi) is 3.07. The van der Waals surface area contributed by atoms with Crippen LogP contribution in [-0.4, -0.2) is 16.9 Å². The molecule has 3 heteroatoms. The minimum absolute atomic E-state index is 0.0275. The first kappa shape index (κ1) is 10.2. The highest BCUT2D eigenvalue weighted by Gasteiger charge is 2.41. The van der Waals surface area contributed by atoms with Crippen LogP contribution in [0.25, 0.3) is 0 Å². The van der Waals surface area contributed by atoms with Gasteiger partial charge in [0.1, 0.15) is 5.78 Å². The van der Waals surface area contributed by atoms with Gasteiger partial charge in [-0.1, -0.05) is 19.8 Å². The van der Waals surface area contributed by atoms with Gasteiger partial charge in [-0.15, -0.1) is 0 Å². The van der Waals surface area contributed by atoms with Crippen LogP contribution in [0.5, 0.6) is 0 Å². The third kappa shape index (κ3) is 2.08. The SMILES string of the molecule is CCC(=O)C1(CC(=O)O)CCCC1. The van der Waals surface area contributed by atoms with Crippen molar-refractivity contribution >= 4 is 11.8 Å². The van der Waals surface area contributed by atoms with E-state index in [9.17, 15) is 9.59 Å². The van der Waals surface area contributed by atoms with Crippen molar-refractivity contribution in [2.24, 2.45) is 5.41 Å². The highest BCUT2D eigenvalue weighted by atomic mass is 16.4. The summed E-state index contributed by atoms with van der Waals surface area (Å²) >= 11 is 0. The van der Waals surface area contributed by atoms with Crippen molar-refractivity contribution in [1.82, 2.24) is 0 Å². The van der Waals surface area contributed by atoms with Crippen LogP contribution in [0, 0.1) is 5.41 Å². The predicted molar refractivity (Wildman–Crippen MR) is 48.5 cm³/mol. The van der Waals surface area contributed by atoms with E-state index in [2.05, 4.69) is 0 Å². The third-order valence-corrected chi connectivity index (χ3v) is 2.96. The number of carbonyl (C=O) groups excluding carboxylic acids is 1. The summed E-state index contributed by atoms with van der Waals surface area (Å²) in [4.78, 5) is 22.2. The zero-order valence-electron chi connectivity index (χ0n) is 8.01. The molecule has 1 aliphatic carbocycles. The molecule has 0 spiro atoms. The molecule has 3 nitrogen and oxygen atoms in total. The molecule has 0 aliphatic heterocycles. The molecule has 1 aliphatic rings. The molecule has 74 valence electrons. The average molecular weight is 184 g/mol. The molecule has 0 aromatic heterocycles. The van der Waals surface area contributed by atoms with Gasteiger partial charge in [0.25, 0.3) is 0 Å². The maximum Gasteiger partial charge on any atom is 0.304 e. The molecule has 1 N–H and O–H groups in total. The number of carboxylic acids is 1. The fraction of sp³-hybridized carbons (Fsp3) is 0.800. The van der Waals surface area contributed by atoms with E-state index in [-0.39, 0.29) is 12.2 Å². The van der Waals surface area contributed by atoms with Gasteiger partial charge in [0.15, 0.2) is 0 Å². The van der Waals surface area contributed by atoms with E-state index in [4.69, 9.17) is 5.11 Å². The summed E-state index contributed by atoms with van der Waals surface area (Å²) in [5.41, 5.74) is -0.513. The lowest BCUT2D eigenvalue weighted by Crippen LogP contribution is -2.30. The average Bonchev–Trinajstić information content (AvgIpc) is 2.51. The maximum atomic E-state index is 11.6. The van der Waals surface area contributed by atoms with Crippen LogP contribution in [0.15, 0.2) is 0 Å². The number of carboxylic acid groups (broad SMARTS) is 1. The van der Waals surface area contributed by atoms with E-state index >= 15 is 0 Å². The van der Waals surface area contributed by atoms with Crippen molar-refractivity contribution in [3.8, 4) is 0 Å². The van der Waals surface area contributed by atoms with Crippen LogP contribution in [-0.2, 0) is 9.59 Å². The molecule has 13 heavy (non-hydrogen) atoms. The van der Waals surface area contributed by atoms with Gasteiger partial charge in [-0.25, -0.2) is 0 Å². The molecule has 0 heterocycles. The van der Waals surface area contributed by atoms with Crippen LogP contribution in [0.3, 0.4) is 0 Å². The number of aliphatic carboxylic acids is 1. The molecular weight excluding hydrogens is 168 g/mol. The van der Waals surface area contributed by atoms with Crippen molar-refractivity contribution < 1.29 is 14.7 Å². The molecular formula is C10H16O3. The van der Waals surface area contributed by atoms with Gasteiger partial charge >= 0.3 is 5.97 Å². The number of hydrogen-bond donors (Lipinski definition) is 1. The largest absolute Gasteiger partial charge is 0.481 e. The lowest BCUT2D eigenvalue weighted by Gasteiger charge is -2.24. The van der Waals surface area contributed by atoms with Gasteiger partial charge in [-0.2, -0.15) is 0 Å². The number of rotatable bonds is 4. The Labute approximate surface area is 78.1 Å². The van der Waals surface area contributed by atoms with E-state index in [0.717, 1.165) is 25.7 Å². The van der Waals surface area contributed by atoms with Gasteiger partial charge < -0.3 is 5.11 Å². The van der Waals surface area contributed by atoms with Crippen LogP contribution >= 0.6 is 0 Å². The van der Waals surface area contributed by atoms with Crippen molar-refractivity contribution in [2.45, 2.75) is 45.4 Å². The summed E-state index contributed by atoms with van der Waals surface area (Å²) in [6, 6.07) is 0. The minimum Gasteiger partial charge on any atom is -0.481 e. The van der Waals surface area contributed by atoms with Gasteiger partial charge in [0, 0.05) is 11.8 Å². The van der Waals surface area contributed by atoms with Gasteiger partial charge in [-0.3, -0.25) is 9.59 Å². The number of hydrogen-bond acceptors (Lipinski definition) is 2. The van der Waals surface area contributed by atoms with Crippen molar-refractivity contribution in [3.63, 3.8) is 0 Å². The molecule has 1 fully saturated rings. The Morgan fingerprint density at radius 2 is 1.85 bits per heavy atom. The molecule has 0 saturated heterocycles. The van der Waals surface area contributed by atoms with Gasteiger partial charge in [0.05, 0.1) is 6.42 Å². The van der Waals surface area contributed by atoms with Crippen molar-refractivity contribution in [1.29, 1.82) is 0 Å². The van der Waals surface area contributed by atoms with Crippen LogP contribution in [0.1, 0.15) is 45.4 Å². The maximum absolute atomic E-state index is 11.6. The van der Waals surface area contributed by atoms with Crippen molar-refractivity contribution in [3.05, 3.63) is 0 Å². The Hall–Kier alpha value is -0.860. The Balaban J connectivity index is 2.74. The second-order valence-electron chi connectivity index (χ2n) is 3.83. The molecule has 1 rings (SSSR count). The summed E-state index contributed by atoms with van der Waals surface area (Å²) in [5.74, 6) is -0.712. The smallest absolute Gasteiger partial charge is 0.304 e. The molecule has 0 bridgehead atoms. The highest BCUT2D eigenvalue weighted by molar-refractivity contribution is 5.88. The van der Waals surface area contributed by atoms with Crippen LogP contribution in [0.2, 0.25) is 0 Å². The molecule has 0 amide bonds. The Morgan fingerprint density at radius 3 is 2.23 bits per heavy atom. The Bertz CT molecular complexity index is 214. The third-order valence-electron chi connectivity index (χ3n) is 2.96. The number of Topliss-reactive ketones (excluding diaryl/α,β-unsaturated/α-hetero) is 1. The zero-order valence-corrected chi connectivity index (χ0v) is 8.01. The van der Waals surface area contributed by atoms with Gasteiger partial charge in [-0.05, 0) is 12.8 Å². The molecule has 0 atom stereocenters. The normalized spacial score (nSPS) is 20.1. The van der Waals surface area contributed by atoms with E-state index in [1.165, 1.54) is 0 Å². The van der Waals surface area contributed by atoms with Crippen LogP contribution < -0.4 is 0 Å². The second-order valence-corrected chi connectivity index (χ2v) is 3.83. The number of carbonyl (C=O) groups is 2. The summed E-state index contributed by atoms with van der Waals surface area (Å²) < 4.78 is 0. The lowest BCUT2D eigenvalue weighted by atomic mass is 9.77. The Morgan fingerprint density at radius 1 is 1.31 bits per heavy atom. The topological polar surface area (TPSA) is 54.4 Å². The summed E-state index contributed by atoms with van der Waals surface area (Å²) in [5, 5.41) is 8.73. The molecule has 0 aromatic carbocycles. The zero-order chi connectivity index (χ0) is 9.90. The fourth-order valence-corrected chi connectivity index (χ4v) is 2.27. The molecule has 0 radical (unpaired) electrons. The summed E-state index contributed by atoms with van der Waals surface area (Å²) in [7, 11) is 0. The van der Waals surface area contributed by atoms with E-state index in [1.807, 2.05) is 6.92 Å². The first-order valence-electron chi connectivity index (χ1n) is 4.86. The van der Waals surface area contributed by atoms with Crippen LogP contribution in [0.4, 0.5) is 0 Å². The molecule has 1 saturated carbocycles. The van der Waals surface area contributed by atoms with Crippen molar-refractivity contribution in [2.75, 3.05) is 0 Å². The fourth-order valence-electron chi connectivity index (χ4n) is 2.27. The first-order valence-corrected chi connectivity index (χ1v) is 4.86. The molecule has 0 aromatic rings. The summed E-state index contributed by atoms with van der Waals surface area (Å²) in [6.45, 7) is 1.81. The first-order chi connectivity index (χ1) is 6.10. The monoisotopic (exact) mass is 184 g/mol. The minimum atomic E-state index is -0.844.